The molecule has 1 atom stereocenters. The van der Waals surface area contributed by atoms with Crippen LogP contribution in [0.4, 0.5) is 0 Å². The van der Waals surface area contributed by atoms with E-state index in [2.05, 4.69) is 32.4 Å². The molecule has 0 amide bonds. The molecule has 0 aromatic rings. The maximum Gasteiger partial charge on any atom is 0.279 e. The third-order valence-corrected chi connectivity index (χ3v) is 5.12. The zero-order valence-electron chi connectivity index (χ0n) is 11.9. The van der Waals surface area contributed by atoms with Crippen LogP contribution in [0.2, 0.25) is 0 Å². The zero-order valence-corrected chi connectivity index (χ0v) is 12.7. The van der Waals surface area contributed by atoms with Gasteiger partial charge < -0.3 is 4.74 Å². The third kappa shape index (κ3) is 4.50. The smallest absolute Gasteiger partial charge is 0.279 e. The lowest BCUT2D eigenvalue weighted by molar-refractivity contribution is 0.0723. The van der Waals surface area contributed by atoms with Gasteiger partial charge in [0.1, 0.15) is 0 Å². The van der Waals surface area contributed by atoms with E-state index in [1.807, 2.05) is 0 Å². The Kier molecular flexibility index (Phi) is 5.58. The largest absolute Gasteiger partial charge is 0.379 e. The lowest BCUT2D eigenvalue weighted by atomic mass is 9.79. The van der Waals surface area contributed by atoms with Crippen LogP contribution < -0.4 is 4.72 Å². The molecule has 1 rings (SSSR count). The fourth-order valence-corrected chi connectivity index (χ4v) is 3.37. The van der Waals surface area contributed by atoms with Crippen molar-refractivity contribution >= 4 is 10.2 Å². The first kappa shape index (κ1) is 15.9. The predicted octanol–water partition coefficient (Wildman–Crippen LogP) is 1.23. The van der Waals surface area contributed by atoms with Crippen molar-refractivity contribution < 1.29 is 13.2 Å². The third-order valence-electron chi connectivity index (χ3n) is 3.54. The second-order valence-corrected chi connectivity index (χ2v) is 7.59. The minimum atomic E-state index is -3.35. The van der Waals surface area contributed by atoms with E-state index in [0.29, 0.717) is 38.8 Å². The van der Waals surface area contributed by atoms with E-state index in [1.165, 1.54) is 4.31 Å². The van der Waals surface area contributed by atoms with Crippen molar-refractivity contribution in [1.29, 1.82) is 0 Å². The molecule has 1 N–H and O–H groups in total. The lowest BCUT2D eigenvalue weighted by Crippen LogP contribution is -2.48. The molecule has 0 radical (unpaired) electrons. The molecular weight excluding hydrogens is 252 g/mol. The maximum absolute atomic E-state index is 12.1. The van der Waals surface area contributed by atoms with E-state index in [0.717, 1.165) is 6.42 Å². The van der Waals surface area contributed by atoms with Crippen molar-refractivity contribution in [2.45, 2.75) is 34.1 Å². The molecule has 0 bridgehead atoms. The fourth-order valence-electron chi connectivity index (χ4n) is 2.15. The number of ether oxygens (including phenoxy) is 1. The minimum Gasteiger partial charge on any atom is -0.379 e. The van der Waals surface area contributed by atoms with Gasteiger partial charge in [0.15, 0.2) is 0 Å². The van der Waals surface area contributed by atoms with Gasteiger partial charge >= 0.3 is 0 Å². The second kappa shape index (κ2) is 6.32. The van der Waals surface area contributed by atoms with E-state index >= 15 is 0 Å². The summed E-state index contributed by atoms with van der Waals surface area (Å²) >= 11 is 0. The van der Waals surface area contributed by atoms with Crippen molar-refractivity contribution in [2.75, 3.05) is 32.8 Å². The van der Waals surface area contributed by atoms with Gasteiger partial charge in [0.2, 0.25) is 0 Å². The molecule has 1 fully saturated rings. The van der Waals surface area contributed by atoms with Crippen LogP contribution >= 0.6 is 0 Å². The number of hydrogen-bond donors (Lipinski definition) is 1. The molecule has 0 spiro atoms. The Balaban J connectivity index is 2.55. The summed E-state index contributed by atoms with van der Waals surface area (Å²) in [6, 6.07) is 0. The first-order chi connectivity index (χ1) is 8.27. The van der Waals surface area contributed by atoms with E-state index in [1.54, 1.807) is 0 Å². The highest BCUT2D eigenvalue weighted by molar-refractivity contribution is 7.87. The maximum atomic E-state index is 12.1. The van der Waals surface area contributed by atoms with Gasteiger partial charge in [-0.05, 0) is 11.3 Å². The molecule has 5 nitrogen and oxygen atoms in total. The van der Waals surface area contributed by atoms with Gasteiger partial charge in [-0.3, -0.25) is 0 Å². The van der Waals surface area contributed by atoms with Gasteiger partial charge in [-0.25, -0.2) is 4.72 Å². The number of rotatable bonds is 5. The quantitative estimate of drug-likeness (QED) is 0.823. The molecule has 18 heavy (non-hydrogen) atoms. The van der Waals surface area contributed by atoms with Crippen molar-refractivity contribution in [3.8, 4) is 0 Å². The summed E-state index contributed by atoms with van der Waals surface area (Å²) in [6.45, 7) is 10.9. The SMILES string of the molecule is CC[C@@H](CNS(=O)(=O)N1CCOCC1)C(C)(C)C. The van der Waals surface area contributed by atoms with Gasteiger partial charge in [0, 0.05) is 19.6 Å². The van der Waals surface area contributed by atoms with Crippen LogP contribution in [0.25, 0.3) is 0 Å². The molecule has 0 aromatic carbocycles. The fraction of sp³-hybridized carbons (Fsp3) is 1.00. The van der Waals surface area contributed by atoms with Gasteiger partial charge in [0.25, 0.3) is 10.2 Å². The average Bonchev–Trinajstić information content (AvgIpc) is 2.29. The zero-order chi connectivity index (χ0) is 13.8. The molecule has 1 saturated heterocycles. The minimum absolute atomic E-state index is 0.113. The summed E-state index contributed by atoms with van der Waals surface area (Å²) in [5.41, 5.74) is 0.113. The first-order valence-corrected chi connectivity index (χ1v) is 8.04. The standard InChI is InChI=1S/C12H26N2O3S/c1-5-11(12(2,3)4)10-13-18(15,16)14-6-8-17-9-7-14/h11,13H,5-10H2,1-4H3/t11-/m0/s1. The molecule has 0 saturated carbocycles. The number of morpholine rings is 1. The number of nitrogens with zero attached hydrogens (tertiary/aromatic N) is 1. The lowest BCUT2D eigenvalue weighted by Gasteiger charge is -2.32. The molecule has 1 aliphatic heterocycles. The van der Waals surface area contributed by atoms with Crippen LogP contribution in [0.1, 0.15) is 34.1 Å². The van der Waals surface area contributed by atoms with Crippen molar-refractivity contribution in [1.82, 2.24) is 9.03 Å². The van der Waals surface area contributed by atoms with Crippen molar-refractivity contribution in [2.24, 2.45) is 11.3 Å². The molecule has 1 aliphatic rings. The molecule has 6 heteroatoms. The Morgan fingerprint density at radius 1 is 1.28 bits per heavy atom. The Hall–Kier alpha value is -0.170. The van der Waals surface area contributed by atoms with Crippen LogP contribution in [-0.2, 0) is 14.9 Å². The Morgan fingerprint density at radius 3 is 2.28 bits per heavy atom. The van der Waals surface area contributed by atoms with Crippen molar-refractivity contribution in [3.05, 3.63) is 0 Å². The summed E-state index contributed by atoms with van der Waals surface area (Å²) in [7, 11) is -3.35. The highest BCUT2D eigenvalue weighted by atomic mass is 32.2. The van der Waals surface area contributed by atoms with Gasteiger partial charge in [-0.15, -0.1) is 0 Å². The van der Waals surface area contributed by atoms with E-state index in [-0.39, 0.29) is 5.41 Å². The van der Waals surface area contributed by atoms with E-state index in [9.17, 15) is 8.42 Å². The van der Waals surface area contributed by atoms with Crippen molar-refractivity contribution in [3.63, 3.8) is 0 Å². The van der Waals surface area contributed by atoms with Crippen LogP contribution in [0.15, 0.2) is 0 Å². The summed E-state index contributed by atoms with van der Waals surface area (Å²) in [5, 5.41) is 0. The number of hydrogen-bond acceptors (Lipinski definition) is 3. The van der Waals surface area contributed by atoms with Gasteiger partial charge in [0.05, 0.1) is 13.2 Å². The van der Waals surface area contributed by atoms with Gasteiger partial charge in [-0.1, -0.05) is 34.1 Å². The summed E-state index contributed by atoms with van der Waals surface area (Å²) in [4.78, 5) is 0. The normalized spacial score (nSPS) is 20.9. The first-order valence-electron chi connectivity index (χ1n) is 6.60. The highest BCUT2D eigenvalue weighted by Crippen LogP contribution is 2.27. The Bertz CT molecular complexity index is 343. The highest BCUT2D eigenvalue weighted by Gasteiger charge is 2.28. The topological polar surface area (TPSA) is 58.6 Å². The van der Waals surface area contributed by atoms with E-state index < -0.39 is 10.2 Å². The molecular formula is C12H26N2O3S. The predicted molar refractivity (Wildman–Crippen MR) is 72.6 cm³/mol. The molecule has 108 valence electrons. The van der Waals surface area contributed by atoms with E-state index in [4.69, 9.17) is 4.74 Å². The van der Waals surface area contributed by atoms with Gasteiger partial charge in [-0.2, -0.15) is 12.7 Å². The van der Waals surface area contributed by atoms with Crippen LogP contribution in [0, 0.1) is 11.3 Å². The molecule has 0 unspecified atom stereocenters. The summed E-state index contributed by atoms with van der Waals surface area (Å²) < 4.78 is 33.5. The molecule has 1 heterocycles. The average molecular weight is 278 g/mol. The Morgan fingerprint density at radius 2 is 1.83 bits per heavy atom. The van der Waals surface area contributed by atoms with Crippen LogP contribution in [0.3, 0.4) is 0 Å². The summed E-state index contributed by atoms with van der Waals surface area (Å²) in [5.74, 6) is 0.341. The monoisotopic (exact) mass is 278 g/mol. The summed E-state index contributed by atoms with van der Waals surface area (Å²) in [6.07, 6.45) is 0.967. The van der Waals surface area contributed by atoms with Crippen LogP contribution in [-0.4, -0.2) is 45.6 Å². The number of nitrogens with one attached hydrogen (secondary N) is 1. The molecule has 0 aliphatic carbocycles. The molecule has 0 aromatic heterocycles. The Labute approximate surface area is 111 Å². The van der Waals surface area contributed by atoms with Crippen LogP contribution in [0.5, 0.6) is 0 Å². The second-order valence-electron chi connectivity index (χ2n) is 5.84.